The van der Waals surface area contributed by atoms with Crippen LogP contribution in [0.3, 0.4) is 0 Å². The largest absolute Gasteiger partial charge is 0.456 e. The van der Waals surface area contributed by atoms with Crippen molar-refractivity contribution in [1.82, 2.24) is 4.72 Å². The van der Waals surface area contributed by atoms with Gasteiger partial charge in [0.15, 0.2) is 6.61 Å². The molecule has 0 bridgehead atoms. The molecule has 30 heavy (non-hydrogen) atoms. The van der Waals surface area contributed by atoms with Gasteiger partial charge in [-0.05, 0) is 43.0 Å². The van der Waals surface area contributed by atoms with Crippen molar-refractivity contribution in [3.63, 3.8) is 0 Å². The van der Waals surface area contributed by atoms with E-state index < -0.39 is 28.6 Å². The Bertz CT molecular complexity index is 1030. The first kappa shape index (κ1) is 23.5. The summed E-state index contributed by atoms with van der Waals surface area (Å²) >= 11 is 0. The molecule has 1 N–H and O–H groups in total. The van der Waals surface area contributed by atoms with Crippen LogP contribution >= 0.6 is 0 Å². The van der Waals surface area contributed by atoms with E-state index in [0.29, 0.717) is 11.1 Å². The Morgan fingerprint density at radius 2 is 1.73 bits per heavy atom. The molecule has 2 rings (SSSR count). The third-order valence-corrected chi connectivity index (χ3v) is 5.57. The van der Waals surface area contributed by atoms with Gasteiger partial charge in [-0.15, -0.1) is 0 Å². The van der Waals surface area contributed by atoms with Crippen molar-refractivity contribution in [2.45, 2.75) is 33.7 Å². The van der Waals surface area contributed by atoms with Crippen LogP contribution in [-0.4, -0.2) is 32.8 Å². The molecule has 1 atom stereocenters. The number of hydrogen-bond acceptors (Lipinski definition) is 5. The molecule has 0 aliphatic heterocycles. The Labute approximate surface area is 178 Å². The van der Waals surface area contributed by atoms with E-state index in [-0.39, 0.29) is 11.7 Å². The third kappa shape index (κ3) is 6.93. The maximum atomic E-state index is 12.5. The van der Waals surface area contributed by atoms with E-state index in [1.54, 1.807) is 51.1 Å². The molecule has 160 valence electrons. The first-order valence-corrected chi connectivity index (χ1v) is 11.2. The lowest BCUT2D eigenvalue weighted by atomic mass is 10.0. The number of ketones is 1. The number of Topliss-reactive ketones (excluding diaryl/α,β-unsaturated/α-hetero) is 1. The molecular formula is C23H27NO5S. The van der Waals surface area contributed by atoms with Crippen LogP contribution in [0.15, 0.2) is 53.9 Å². The molecule has 0 amide bonds. The summed E-state index contributed by atoms with van der Waals surface area (Å²) in [6, 6.07) is 13.3. The fourth-order valence-corrected chi connectivity index (χ4v) is 3.88. The lowest BCUT2D eigenvalue weighted by molar-refractivity contribution is -0.145. The van der Waals surface area contributed by atoms with Gasteiger partial charge >= 0.3 is 5.97 Å². The van der Waals surface area contributed by atoms with E-state index in [9.17, 15) is 18.0 Å². The second-order valence-corrected chi connectivity index (χ2v) is 9.05. The number of hydrogen-bond donors (Lipinski definition) is 1. The second kappa shape index (κ2) is 10.3. The molecule has 0 saturated carbocycles. The second-order valence-electron chi connectivity index (χ2n) is 7.45. The number of ether oxygens (including phenoxy) is 1. The minimum absolute atomic E-state index is 0.334. The molecule has 2 aromatic carbocycles. The smallest absolute Gasteiger partial charge is 0.324 e. The highest BCUT2D eigenvalue weighted by molar-refractivity contribution is 7.92. The van der Waals surface area contributed by atoms with Crippen LogP contribution in [0.1, 0.15) is 40.9 Å². The Balaban J connectivity index is 2.04. The quantitative estimate of drug-likeness (QED) is 0.485. The highest BCUT2D eigenvalue weighted by atomic mass is 32.2. The number of esters is 1. The first-order valence-electron chi connectivity index (χ1n) is 9.61. The van der Waals surface area contributed by atoms with Gasteiger partial charge < -0.3 is 4.74 Å². The van der Waals surface area contributed by atoms with Crippen LogP contribution in [0, 0.1) is 19.8 Å². The molecule has 0 radical (unpaired) electrons. The van der Waals surface area contributed by atoms with E-state index >= 15 is 0 Å². The zero-order valence-electron chi connectivity index (χ0n) is 17.6. The van der Waals surface area contributed by atoms with Crippen molar-refractivity contribution in [3.05, 3.63) is 76.2 Å². The van der Waals surface area contributed by atoms with Crippen LogP contribution in [0.5, 0.6) is 0 Å². The van der Waals surface area contributed by atoms with E-state index in [1.165, 1.54) is 6.08 Å². The summed E-state index contributed by atoms with van der Waals surface area (Å²) in [7, 11) is -3.89. The maximum Gasteiger partial charge on any atom is 0.324 e. The number of aryl methyl sites for hydroxylation is 2. The summed E-state index contributed by atoms with van der Waals surface area (Å²) in [6.07, 6.45) is 1.44. The average molecular weight is 430 g/mol. The molecule has 2 aromatic rings. The van der Waals surface area contributed by atoms with Gasteiger partial charge in [-0.1, -0.05) is 61.9 Å². The standard InChI is InChI=1S/C23H27NO5S/c1-16(2)22(24-30(27,28)13-12-19-8-6-5-7-9-19)23(26)29-15-21(25)20-14-17(3)10-11-18(20)4/h5-14,16,22,24H,15H2,1-4H3/t22-/m0/s1. The molecular weight excluding hydrogens is 402 g/mol. The SMILES string of the molecule is Cc1ccc(C)c(C(=O)COC(=O)[C@@H](NS(=O)(=O)C=Cc2ccccc2)C(C)C)c1. The van der Waals surface area contributed by atoms with E-state index in [2.05, 4.69) is 4.72 Å². The van der Waals surface area contributed by atoms with Gasteiger partial charge in [0.1, 0.15) is 6.04 Å². The molecule has 0 heterocycles. The van der Waals surface area contributed by atoms with E-state index in [0.717, 1.165) is 16.5 Å². The number of rotatable bonds is 9. The van der Waals surface area contributed by atoms with Gasteiger partial charge in [0.05, 0.1) is 0 Å². The summed E-state index contributed by atoms with van der Waals surface area (Å²) in [5, 5.41) is 1.01. The maximum absolute atomic E-state index is 12.5. The topological polar surface area (TPSA) is 89.5 Å². The molecule has 0 saturated heterocycles. The molecule has 0 fully saturated rings. The van der Waals surface area contributed by atoms with Crippen molar-refractivity contribution in [1.29, 1.82) is 0 Å². The van der Waals surface area contributed by atoms with Crippen molar-refractivity contribution in [3.8, 4) is 0 Å². The number of nitrogens with one attached hydrogen (secondary N) is 1. The number of carbonyl (C=O) groups excluding carboxylic acids is 2. The first-order chi connectivity index (χ1) is 14.1. The predicted octanol–water partition coefficient (Wildman–Crippen LogP) is 3.64. The van der Waals surface area contributed by atoms with Gasteiger partial charge in [0.2, 0.25) is 15.8 Å². The summed E-state index contributed by atoms with van der Waals surface area (Å²) in [5.74, 6) is -1.49. The molecule has 0 aliphatic carbocycles. The average Bonchev–Trinajstić information content (AvgIpc) is 2.71. The van der Waals surface area contributed by atoms with Crippen LogP contribution in [0.2, 0.25) is 0 Å². The minimum Gasteiger partial charge on any atom is -0.456 e. The van der Waals surface area contributed by atoms with Crippen LogP contribution < -0.4 is 4.72 Å². The molecule has 6 nitrogen and oxygen atoms in total. The summed E-state index contributed by atoms with van der Waals surface area (Å²) in [5.41, 5.74) is 2.91. The van der Waals surface area contributed by atoms with E-state index in [1.807, 2.05) is 25.1 Å². The fourth-order valence-electron chi connectivity index (χ4n) is 2.75. The Hall–Kier alpha value is -2.77. The minimum atomic E-state index is -3.89. The highest BCUT2D eigenvalue weighted by Gasteiger charge is 2.28. The third-order valence-electron chi connectivity index (χ3n) is 4.49. The Morgan fingerprint density at radius 3 is 2.37 bits per heavy atom. The Kier molecular flexibility index (Phi) is 8.08. The molecule has 7 heteroatoms. The van der Waals surface area contributed by atoms with Crippen molar-refractivity contribution >= 4 is 27.9 Å². The van der Waals surface area contributed by atoms with Gasteiger partial charge in [-0.25, -0.2) is 8.42 Å². The van der Waals surface area contributed by atoms with Crippen molar-refractivity contribution < 1.29 is 22.7 Å². The van der Waals surface area contributed by atoms with Crippen LogP contribution in [0.4, 0.5) is 0 Å². The lowest BCUT2D eigenvalue weighted by Crippen LogP contribution is -2.45. The van der Waals surface area contributed by atoms with E-state index in [4.69, 9.17) is 4.74 Å². The molecule has 0 aliphatic rings. The van der Waals surface area contributed by atoms with Crippen molar-refractivity contribution in [2.75, 3.05) is 6.61 Å². The summed E-state index contributed by atoms with van der Waals surface area (Å²) in [6.45, 7) is 6.62. The fraction of sp³-hybridized carbons (Fsp3) is 0.304. The van der Waals surface area contributed by atoms with Gasteiger partial charge in [-0.3, -0.25) is 9.59 Å². The van der Waals surface area contributed by atoms with Crippen LogP contribution in [0.25, 0.3) is 6.08 Å². The van der Waals surface area contributed by atoms with Gasteiger partial charge in [-0.2, -0.15) is 4.72 Å². The molecule has 0 aromatic heterocycles. The van der Waals surface area contributed by atoms with Crippen molar-refractivity contribution in [2.24, 2.45) is 5.92 Å². The number of benzene rings is 2. The lowest BCUT2D eigenvalue weighted by Gasteiger charge is -2.19. The monoisotopic (exact) mass is 429 g/mol. The normalized spacial score (nSPS) is 12.8. The predicted molar refractivity (Wildman–Crippen MR) is 117 cm³/mol. The zero-order chi connectivity index (χ0) is 22.3. The van der Waals surface area contributed by atoms with Crippen LogP contribution in [-0.2, 0) is 19.6 Å². The molecule has 0 spiro atoms. The highest BCUT2D eigenvalue weighted by Crippen LogP contribution is 2.13. The number of sulfonamides is 1. The molecule has 0 unspecified atom stereocenters. The zero-order valence-corrected chi connectivity index (χ0v) is 18.4. The van der Waals surface area contributed by atoms with Gasteiger partial charge in [0.25, 0.3) is 0 Å². The summed E-state index contributed by atoms with van der Waals surface area (Å²) < 4.78 is 32.3. The summed E-state index contributed by atoms with van der Waals surface area (Å²) in [4.78, 5) is 24.9. The van der Waals surface area contributed by atoms with Gasteiger partial charge in [0, 0.05) is 11.0 Å². The number of carbonyl (C=O) groups is 2. The Morgan fingerprint density at radius 1 is 1.07 bits per heavy atom.